The third kappa shape index (κ3) is 3.79. The van der Waals surface area contributed by atoms with Crippen molar-refractivity contribution >= 4 is 22.5 Å². The number of aromatic nitrogens is 4. The molecule has 3 heterocycles. The first-order chi connectivity index (χ1) is 15.1. The second-order valence-electron chi connectivity index (χ2n) is 7.90. The van der Waals surface area contributed by atoms with Crippen molar-refractivity contribution in [1.82, 2.24) is 19.7 Å². The second-order valence-corrected chi connectivity index (χ2v) is 7.90. The summed E-state index contributed by atoms with van der Waals surface area (Å²) in [6, 6.07) is 13.8. The van der Waals surface area contributed by atoms with Crippen molar-refractivity contribution < 1.29 is 9.18 Å². The molecular weight excluding hydrogens is 393 g/mol. The predicted molar refractivity (Wildman–Crippen MR) is 117 cm³/mol. The number of fused-ring (bicyclic) bond motifs is 2. The number of nitrogens with zero attached hydrogens (tertiary/aromatic N) is 4. The highest BCUT2D eigenvalue weighted by molar-refractivity contribution is 6.07. The van der Waals surface area contributed by atoms with E-state index in [0.29, 0.717) is 22.5 Å². The maximum Gasteiger partial charge on any atom is 0.257 e. The average molecular weight is 415 g/mol. The first-order valence-corrected chi connectivity index (χ1v) is 10.5. The Hall–Kier alpha value is -3.61. The van der Waals surface area contributed by atoms with E-state index >= 15 is 0 Å². The predicted octanol–water partition coefficient (Wildman–Crippen LogP) is 4.92. The van der Waals surface area contributed by atoms with Gasteiger partial charge in [-0.25, -0.2) is 4.39 Å². The van der Waals surface area contributed by atoms with Crippen molar-refractivity contribution in [1.29, 1.82) is 0 Å². The van der Waals surface area contributed by atoms with E-state index < -0.39 is 0 Å². The van der Waals surface area contributed by atoms with E-state index in [1.807, 2.05) is 24.3 Å². The van der Waals surface area contributed by atoms with Gasteiger partial charge in [-0.1, -0.05) is 18.6 Å². The van der Waals surface area contributed by atoms with Crippen LogP contribution < -0.4 is 5.32 Å². The van der Waals surface area contributed by atoms with Crippen LogP contribution in [0.1, 0.15) is 41.1 Å². The largest absolute Gasteiger partial charge is 0.322 e. The fraction of sp³-hybridized carbons (Fsp3) is 0.250. The van der Waals surface area contributed by atoms with Gasteiger partial charge in [-0.2, -0.15) is 0 Å². The van der Waals surface area contributed by atoms with Crippen LogP contribution in [-0.2, 0) is 13.0 Å². The number of carbonyl (C=O) groups excluding carboxylic acids is 1. The van der Waals surface area contributed by atoms with Crippen LogP contribution in [0.3, 0.4) is 0 Å². The van der Waals surface area contributed by atoms with E-state index in [2.05, 4.69) is 25.1 Å². The Balaban J connectivity index is 1.43. The minimum absolute atomic E-state index is 0.256. The van der Waals surface area contributed by atoms with Gasteiger partial charge < -0.3 is 9.88 Å². The molecule has 0 saturated heterocycles. The first kappa shape index (κ1) is 19.4. The molecule has 0 fully saturated rings. The molecule has 1 aliphatic rings. The lowest BCUT2D eigenvalue weighted by molar-refractivity contribution is 0.102. The third-order valence-corrected chi connectivity index (χ3v) is 5.70. The highest BCUT2D eigenvalue weighted by Crippen LogP contribution is 2.25. The Bertz CT molecular complexity index is 1300. The van der Waals surface area contributed by atoms with Crippen LogP contribution in [-0.4, -0.2) is 25.7 Å². The SMILES string of the molecule is Cc1nc2cc(F)ccc2cc1C(=O)Nc1cccc(-c2nnc3n2CCCCC3)c1. The summed E-state index contributed by atoms with van der Waals surface area (Å²) in [6.07, 6.45) is 4.40. The molecular formula is C24H22FN5O. The van der Waals surface area contributed by atoms with E-state index in [1.54, 1.807) is 19.1 Å². The zero-order chi connectivity index (χ0) is 21.4. The quantitative estimate of drug-likeness (QED) is 0.516. The molecule has 4 aromatic rings. The molecule has 2 aromatic heterocycles. The standard InChI is InChI=1S/C24H22FN5O/c1-15-20(13-16-9-10-18(25)14-21(16)26-15)24(31)27-19-7-5-6-17(12-19)23-29-28-22-8-3-2-4-11-30(22)23/h5-7,9-10,12-14H,2-4,8,11H2,1H3,(H,27,31). The molecule has 5 rings (SSSR count). The minimum Gasteiger partial charge on any atom is -0.322 e. The number of nitrogens with one attached hydrogen (secondary N) is 1. The second kappa shape index (κ2) is 7.91. The molecule has 156 valence electrons. The monoisotopic (exact) mass is 415 g/mol. The zero-order valence-electron chi connectivity index (χ0n) is 17.2. The van der Waals surface area contributed by atoms with Crippen LogP contribution in [0, 0.1) is 12.7 Å². The van der Waals surface area contributed by atoms with E-state index in [-0.39, 0.29) is 11.7 Å². The Labute approximate surface area is 179 Å². The highest BCUT2D eigenvalue weighted by Gasteiger charge is 2.17. The van der Waals surface area contributed by atoms with Crippen LogP contribution >= 0.6 is 0 Å². The third-order valence-electron chi connectivity index (χ3n) is 5.70. The number of carbonyl (C=O) groups is 1. The molecule has 31 heavy (non-hydrogen) atoms. The van der Waals surface area contributed by atoms with Crippen LogP contribution in [0.5, 0.6) is 0 Å². The number of rotatable bonds is 3. The molecule has 1 amide bonds. The Morgan fingerprint density at radius 3 is 2.87 bits per heavy atom. The number of pyridine rings is 1. The van der Waals surface area contributed by atoms with E-state index in [9.17, 15) is 9.18 Å². The molecule has 0 spiro atoms. The molecule has 0 unspecified atom stereocenters. The van der Waals surface area contributed by atoms with Crippen molar-refractivity contribution in [2.24, 2.45) is 0 Å². The number of amides is 1. The first-order valence-electron chi connectivity index (χ1n) is 10.5. The van der Waals surface area contributed by atoms with Gasteiger partial charge in [0.05, 0.1) is 16.8 Å². The number of halogens is 1. The van der Waals surface area contributed by atoms with E-state index in [1.165, 1.54) is 18.6 Å². The van der Waals surface area contributed by atoms with Crippen molar-refractivity contribution in [3.05, 3.63) is 71.4 Å². The number of aryl methyl sites for hydroxylation is 2. The van der Waals surface area contributed by atoms with Gasteiger partial charge >= 0.3 is 0 Å². The van der Waals surface area contributed by atoms with Crippen LogP contribution in [0.25, 0.3) is 22.3 Å². The molecule has 6 nitrogen and oxygen atoms in total. The van der Waals surface area contributed by atoms with Gasteiger partial charge in [-0.15, -0.1) is 10.2 Å². The summed E-state index contributed by atoms with van der Waals surface area (Å²) in [7, 11) is 0. The molecule has 7 heteroatoms. The fourth-order valence-electron chi connectivity index (χ4n) is 4.10. The summed E-state index contributed by atoms with van der Waals surface area (Å²) in [4.78, 5) is 17.4. The van der Waals surface area contributed by atoms with E-state index in [4.69, 9.17) is 0 Å². The van der Waals surface area contributed by atoms with Gasteiger partial charge in [-0.05, 0) is 50.1 Å². The number of hydrogen-bond donors (Lipinski definition) is 1. The maximum absolute atomic E-state index is 13.5. The summed E-state index contributed by atoms with van der Waals surface area (Å²) in [5.41, 5.74) is 3.13. The zero-order valence-corrected chi connectivity index (χ0v) is 17.2. The van der Waals surface area contributed by atoms with Crippen molar-refractivity contribution in [2.75, 3.05) is 5.32 Å². The highest BCUT2D eigenvalue weighted by atomic mass is 19.1. The lowest BCUT2D eigenvalue weighted by atomic mass is 10.1. The number of hydrogen-bond acceptors (Lipinski definition) is 4. The molecule has 0 bridgehead atoms. The lowest BCUT2D eigenvalue weighted by Crippen LogP contribution is -2.14. The Morgan fingerprint density at radius 2 is 1.97 bits per heavy atom. The summed E-state index contributed by atoms with van der Waals surface area (Å²) in [5, 5.41) is 12.5. The lowest BCUT2D eigenvalue weighted by Gasteiger charge is -2.11. The van der Waals surface area contributed by atoms with Gasteiger partial charge in [0, 0.05) is 35.7 Å². The van der Waals surface area contributed by atoms with E-state index in [0.717, 1.165) is 48.4 Å². The molecule has 1 N–H and O–H groups in total. The normalized spacial score (nSPS) is 13.6. The fourth-order valence-corrected chi connectivity index (χ4v) is 4.10. The summed E-state index contributed by atoms with van der Waals surface area (Å²) in [6.45, 7) is 2.66. The number of anilines is 1. The smallest absolute Gasteiger partial charge is 0.257 e. The molecule has 1 aliphatic heterocycles. The van der Waals surface area contributed by atoms with Gasteiger partial charge in [0.1, 0.15) is 11.6 Å². The summed E-state index contributed by atoms with van der Waals surface area (Å²) in [5.74, 6) is 1.25. The topological polar surface area (TPSA) is 72.7 Å². The Kier molecular flexibility index (Phi) is 4.94. The van der Waals surface area contributed by atoms with Crippen LogP contribution in [0.4, 0.5) is 10.1 Å². The van der Waals surface area contributed by atoms with Crippen molar-refractivity contribution in [2.45, 2.75) is 39.2 Å². The van der Waals surface area contributed by atoms with Crippen LogP contribution in [0.15, 0.2) is 48.5 Å². The maximum atomic E-state index is 13.5. The Morgan fingerprint density at radius 1 is 1.06 bits per heavy atom. The molecule has 2 aromatic carbocycles. The van der Waals surface area contributed by atoms with Crippen molar-refractivity contribution in [3.63, 3.8) is 0 Å². The summed E-state index contributed by atoms with van der Waals surface area (Å²) < 4.78 is 15.7. The molecule has 0 atom stereocenters. The van der Waals surface area contributed by atoms with Crippen LogP contribution in [0.2, 0.25) is 0 Å². The van der Waals surface area contributed by atoms with Gasteiger partial charge in [0.25, 0.3) is 5.91 Å². The van der Waals surface area contributed by atoms with Gasteiger partial charge in [0.2, 0.25) is 0 Å². The van der Waals surface area contributed by atoms with Crippen molar-refractivity contribution in [3.8, 4) is 11.4 Å². The van der Waals surface area contributed by atoms with Gasteiger partial charge in [-0.3, -0.25) is 9.78 Å². The minimum atomic E-state index is -0.347. The molecule has 0 radical (unpaired) electrons. The summed E-state index contributed by atoms with van der Waals surface area (Å²) >= 11 is 0. The average Bonchev–Trinajstić information content (AvgIpc) is 3.01. The molecule has 0 aliphatic carbocycles. The molecule has 0 saturated carbocycles. The number of benzene rings is 2. The van der Waals surface area contributed by atoms with Gasteiger partial charge in [0.15, 0.2) is 5.82 Å².